The SMILES string of the molecule is C#CCCCN1CCC[C@@H]1CO. The van der Waals surface area contributed by atoms with E-state index in [1.807, 2.05) is 0 Å². The monoisotopic (exact) mass is 167 g/mol. The largest absolute Gasteiger partial charge is 0.395 e. The van der Waals surface area contributed by atoms with Crippen LogP contribution in [0.15, 0.2) is 0 Å². The van der Waals surface area contributed by atoms with Crippen molar-refractivity contribution in [2.24, 2.45) is 0 Å². The number of aliphatic hydroxyl groups excluding tert-OH is 1. The third-order valence-corrected chi connectivity index (χ3v) is 2.48. The summed E-state index contributed by atoms with van der Waals surface area (Å²) in [6.07, 6.45) is 9.45. The van der Waals surface area contributed by atoms with E-state index in [2.05, 4.69) is 10.8 Å². The maximum atomic E-state index is 9.01. The summed E-state index contributed by atoms with van der Waals surface area (Å²) in [6.45, 7) is 2.49. The molecule has 0 aromatic rings. The van der Waals surface area contributed by atoms with E-state index in [4.69, 9.17) is 11.5 Å². The lowest BCUT2D eigenvalue weighted by atomic mass is 10.2. The topological polar surface area (TPSA) is 23.5 Å². The third-order valence-electron chi connectivity index (χ3n) is 2.48. The van der Waals surface area contributed by atoms with Crippen LogP contribution in [-0.4, -0.2) is 35.7 Å². The zero-order valence-electron chi connectivity index (χ0n) is 7.50. The fraction of sp³-hybridized carbons (Fsp3) is 0.800. The van der Waals surface area contributed by atoms with Gasteiger partial charge in [-0.15, -0.1) is 12.3 Å². The van der Waals surface area contributed by atoms with E-state index in [0.717, 1.165) is 32.4 Å². The van der Waals surface area contributed by atoms with E-state index in [0.29, 0.717) is 12.6 Å². The number of hydrogen-bond acceptors (Lipinski definition) is 2. The van der Waals surface area contributed by atoms with Gasteiger partial charge in [-0.1, -0.05) is 0 Å². The molecule has 1 atom stereocenters. The molecular formula is C10H17NO. The summed E-state index contributed by atoms with van der Waals surface area (Å²) < 4.78 is 0. The lowest BCUT2D eigenvalue weighted by molar-refractivity contribution is 0.158. The van der Waals surface area contributed by atoms with Crippen molar-refractivity contribution < 1.29 is 5.11 Å². The van der Waals surface area contributed by atoms with Crippen LogP contribution in [0, 0.1) is 12.3 Å². The van der Waals surface area contributed by atoms with Gasteiger partial charge < -0.3 is 5.11 Å². The maximum absolute atomic E-state index is 9.01. The Morgan fingerprint density at radius 2 is 2.42 bits per heavy atom. The molecule has 0 saturated carbocycles. The van der Waals surface area contributed by atoms with Crippen LogP contribution in [0.1, 0.15) is 25.7 Å². The van der Waals surface area contributed by atoms with Crippen LogP contribution in [0.25, 0.3) is 0 Å². The molecule has 1 fully saturated rings. The van der Waals surface area contributed by atoms with Gasteiger partial charge in [0, 0.05) is 12.5 Å². The third kappa shape index (κ3) is 2.51. The van der Waals surface area contributed by atoms with Crippen molar-refractivity contribution in [2.75, 3.05) is 19.7 Å². The molecule has 2 nitrogen and oxygen atoms in total. The summed E-state index contributed by atoms with van der Waals surface area (Å²) in [5.74, 6) is 2.64. The lowest BCUT2D eigenvalue weighted by Gasteiger charge is -2.21. The van der Waals surface area contributed by atoms with Crippen molar-refractivity contribution >= 4 is 0 Å². The molecule has 68 valence electrons. The zero-order chi connectivity index (χ0) is 8.81. The van der Waals surface area contributed by atoms with Gasteiger partial charge in [0.25, 0.3) is 0 Å². The van der Waals surface area contributed by atoms with Gasteiger partial charge in [0.2, 0.25) is 0 Å². The second kappa shape index (κ2) is 5.18. The number of likely N-dealkylation sites (tertiary alicyclic amines) is 1. The molecule has 12 heavy (non-hydrogen) atoms. The summed E-state index contributed by atoms with van der Waals surface area (Å²) in [4.78, 5) is 2.34. The van der Waals surface area contributed by atoms with Crippen molar-refractivity contribution in [3.63, 3.8) is 0 Å². The maximum Gasteiger partial charge on any atom is 0.0586 e. The van der Waals surface area contributed by atoms with Crippen LogP contribution < -0.4 is 0 Å². The Kier molecular flexibility index (Phi) is 4.13. The van der Waals surface area contributed by atoms with Crippen molar-refractivity contribution in [1.82, 2.24) is 4.90 Å². The van der Waals surface area contributed by atoms with E-state index >= 15 is 0 Å². The summed E-state index contributed by atoms with van der Waals surface area (Å²) in [5, 5.41) is 9.01. The highest BCUT2D eigenvalue weighted by Gasteiger charge is 2.22. The first-order valence-corrected chi connectivity index (χ1v) is 4.67. The number of hydrogen-bond donors (Lipinski definition) is 1. The Morgan fingerprint density at radius 3 is 3.08 bits per heavy atom. The minimum atomic E-state index is 0.302. The quantitative estimate of drug-likeness (QED) is 0.496. The van der Waals surface area contributed by atoms with E-state index in [1.165, 1.54) is 6.42 Å². The van der Waals surface area contributed by atoms with Gasteiger partial charge in [-0.2, -0.15) is 0 Å². The Morgan fingerprint density at radius 1 is 1.58 bits per heavy atom. The van der Waals surface area contributed by atoms with Gasteiger partial charge in [0.15, 0.2) is 0 Å². The molecule has 1 rings (SSSR count). The average molecular weight is 167 g/mol. The van der Waals surface area contributed by atoms with E-state index in [9.17, 15) is 0 Å². The second-order valence-electron chi connectivity index (χ2n) is 3.32. The van der Waals surface area contributed by atoms with Crippen LogP contribution in [0.2, 0.25) is 0 Å². The summed E-state index contributed by atoms with van der Waals surface area (Å²) in [7, 11) is 0. The molecule has 0 radical (unpaired) electrons. The highest BCUT2D eigenvalue weighted by molar-refractivity contribution is 4.85. The zero-order valence-corrected chi connectivity index (χ0v) is 7.50. The molecule has 0 amide bonds. The van der Waals surface area contributed by atoms with Crippen molar-refractivity contribution in [3.8, 4) is 12.3 Å². The molecule has 2 heteroatoms. The highest BCUT2D eigenvalue weighted by atomic mass is 16.3. The molecule has 0 spiro atoms. The lowest BCUT2D eigenvalue weighted by Crippen LogP contribution is -2.32. The minimum Gasteiger partial charge on any atom is -0.395 e. The first-order valence-electron chi connectivity index (χ1n) is 4.67. The predicted molar refractivity (Wildman–Crippen MR) is 49.7 cm³/mol. The molecule has 1 saturated heterocycles. The normalized spacial score (nSPS) is 24.2. The molecule has 0 bridgehead atoms. The first-order chi connectivity index (χ1) is 5.88. The molecule has 0 aliphatic carbocycles. The van der Waals surface area contributed by atoms with Crippen LogP contribution in [0.4, 0.5) is 0 Å². The minimum absolute atomic E-state index is 0.302. The fourth-order valence-electron chi connectivity index (χ4n) is 1.78. The molecule has 1 aliphatic heterocycles. The molecule has 1 heterocycles. The second-order valence-corrected chi connectivity index (χ2v) is 3.32. The molecule has 1 N–H and O–H groups in total. The first kappa shape index (κ1) is 9.57. The van der Waals surface area contributed by atoms with Crippen LogP contribution in [0.5, 0.6) is 0 Å². The number of aliphatic hydroxyl groups is 1. The molecule has 0 aromatic carbocycles. The van der Waals surface area contributed by atoms with E-state index < -0.39 is 0 Å². The Bertz CT molecular complexity index is 162. The standard InChI is InChI=1S/C10H17NO/c1-2-3-4-7-11-8-5-6-10(11)9-12/h1,10,12H,3-9H2/t10-/m1/s1. The summed E-state index contributed by atoms with van der Waals surface area (Å²) in [6, 6.07) is 0.405. The molecular weight excluding hydrogens is 150 g/mol. The van der Waals surface area contributed by atoms with Gasteiger partial charge in [0.05, 0.1) is 6.61 Å². The Balaban J connectivity index is 2.18. The number of terminal acetylenes is 1. The smallest absolute Gasteiger partial charge is 0.0586 e. The van der Waals surface area contributed by atoms with Gasteiger partial charge in [-0.3, -0.25) is 4.90 Å². The molecule has 0 unspecified atom stereocenters. The fourth-order valence-corrected chi connectivity index (χ4v) is 1.78. The molecule has 1 aliphatic rings. The van der Waals surface area contributed by atoms with E-state index in [-0.39, 0.29) is 0 Å². The van der Waals surface area contributed by atoms with Gasteiger partial charge >= 0.3 is 0 Å². The van der Waals surface area contributed by atoms with Crippen LogP contribution in [-0.2, 0) is 0 Å². The molecule has 0 aromatic heterocycles. The number of rotatable bonds is 4. The van der Waals surface area contributed by atoms with E-state index in [1.54, 1.807) is 0 Å². The Hall–Kier alpha value is -0.520. The van der Waals surface area contributed by atoms with Gasteiger partial charge in [-0.05, 0) is 32.4 Å². The van der Waals surface area contributed by atoms with Gasteiger partial charge in [0.1, 0.15) is 0 Å². The van der Waals surface area contributed by atoms with Crippen molar-refractivity contribution in [1.29, 1.82) is 0 Å². The van der Waals surface area contributed by atoms with Crippen LogP contribution >= 0.6 is 0 Å². The highest BCUT2D eigenvalue weighted by Crippen LogP contribution is 2.16. The van der Waals surface area contributed by atoms with Crippen molar-refractivity contribution in [3.05, 3.63) is 0 Å². The predicted octanol–water partition coefficient (Wildman–Crippen LogP) is 0.856. The average Bonchev–Trinajstić information content (AvgIpc) is 2.52. The van der Waals surface area contributed by atoms with Crippen LogP contribution in [0.3, 0.4) is 0 Å². The number of unbranched alkanes of at least 4 members (excludes halogenated alkanes) is 1. The van der Waals surface area contributed by atoms with Gasteiger partial charge in [-0.25, -0.2) is 0 Å². The summed E-state index contributed by atoms with van der Waals surface area (Å²) >= 11 is 0. The number of nitrogens with zero attached hydrogens (tertiary/aromatic N) is 1. The summed E-state index contributed by atoms with van der Waals surface area (Å²) in [5.41, 5.74) is 0. The van der Waals surface area contributed by atoms with Crippen molar-refractivity contribution in [2.45, 2.75) is 31.7 Å². The Labute approximate surface area is 74.6 Å².